The van der Waals surface area contributed by atoms with Gasteiger partial charge in [-0.15, -0.1) is 0 Å². The molecule has 0 aliphatic carbocycles. The molecular formula is C29H18N4O. The summed E-state index contributed by atoms with van der Waals surface area (Å²) in [7, 11) is 0. The zero-order valence-electron chi connectivity index (χ0n) is 18.1. The fraction of sp³-hybridized carbons (Fsp3) is 0. The number of aromatic nitrogens is 4. The van der Waals surface area contributed by atoms with Crippen LogP contribution in [0.15, 0.2) is 114 Å². The van der Waals surface area contributed by atoms with Gasteiger partial charge >= 0.3 is 0 Å². The van der Waals surface area contributed by atoms with Crippen molar-refractivity contribution in [3.63, 3.8) is 0 Å². The SMILES string of the molecule is c1ccc(-c2nc(-c3ccccc3)nc(-n3c4ccccc4c4cc5ccoc5cc43)n2)cc1. The summed E-state index contributed by atoms with van der Waals surface area (Å²) in [5.74, 6) is 1.84. The maximum Gasteiger partial charge on any atom is 0.238 e. The third kappa shape index (κ3) is 2.91. The number of furan rings is 1. The predicted molar refractivity (Wildman–Crippen MR) is 135 cm³/mol. The Labute approximate surface area is 195 Å². The van der Waals surface area contributed by atoms with Crippen LogP contribution in [0.5, 0.6) is 0 Å². The lowest BCUT2D eigenvalue weighted by Crippen LogP contribution is -2.06. The van der Waals surface area contributed by atoms with Crippen molar-refractivity contribution in [1.29, 1.82) is 0 Å². The predicted octanol–water partition coefficient (Wildman–Crippen LogP) is 7.05. The second-order valence-electron chi connectivity index (χ2n) is 8.20. The molecule has 0 radical (unpaired) electrons. The molecular weight excluding hydrogens is 420 g/mol. The molecule has 0 atom stereocenters. The molecule has 0 aliphatic rings. The summed E-state index contributed by atoms with van der Waals surface area (Å²) in [4.78, 5) is 14.7. The smallest absolute Gasteiger partial charge is 0.238 e. The minimum Gasteiger partial charge on any atom is -0.464 e. The van der Waals surface area contributed by atoms with Gasteiger partial charge in [0.25, 0.3) is 0 Å². The van der Waals surface area contributed by atoms with Gasteiger partial charge in [-0.05, 0) is 18.2 Å². The van der Waals surface area contributed by atoms with E-state index in [2.05, 4.69) is 34.9 Å². The van der Waals surface area contributed by atoms with Crippen LogP contribution in [0.25, 0.3) is 61.5 Å². The van der Waals surface area contributed by atoms with E-state index in [-0.39, 0.29) is 0 Å². The molecule has 0 bridgehead atoms. The summed E-state index contributed by atoms with van der Waals surface area (Å²) in [5.41, 5.74) is 4.74. The number of hydrogen-bond acceptors (Lipinski definition) is 4. The van der Waals surface area contributed by atoms with Gasteiger partial charge in [0.2, 0.25) is 5.95 Å². The molecule has 0 N–H and O–H groups in total. The number of rotatable bonds is 3. The number of nitrogens with zero attached hydrogens (tertiary/aromatic N) is 4. The topological polar surface area (TPSA) is 56.7 Å². The van der Waals surface area contributed by atoms with Crippen LogP contribution in [0.4, 0.5) is 0 Å². The van der Waals surface area contributed by atoms with E-state index < -0.39 is 0 Å². The molecule has 3 heterocycles. The van der Waals surface area contributed by atoms with Crippen molar-refractivity contribution in [2.45, 2.75) is 0 Å². The van der Waals surface area contributed by atoms with Gasteiger partial charge in [0.15, 0.2) is 11.6 Å². The van der Waals surface area contributed by atoms with Gasteiger partial charge in [0.05, 0.1) is 17.3 Å². The van der Waals surface area contributed by atoms with E-state index in [1.165, 1.54) is 0 Å². The number of para-hydroxylation sites is 1. The average molecular weight is 438 g/mol. The molecule has 0 aliphatic heterocycles. The highest BCUT2D eigenvalue weighted by atomic mass is 16.3. The van der Waals surface area contributed by atoms with E-state index in [0.717, 1.165) is 43.9 Å². The molecule has 3 aromatic heterocycles. The molecule has 0 fully saturated rings. The lowest BCUT2D eigenvalue weighted by atomic mass is 10.1. The van der Waals surface area contributed by atoms with Crippen LogP contribution in [-0.2, 0) is 0 Å². The Morgan fingerprint density at radius 3 is 1.91 bits per heavy atom. The van der Waals surface area contributed by atoms with Crippen molar-refractivity contribution < 1.29 is 4.42 Å². The first-order chi connectivity index (χ1) is 16.8. The van der Waals surface area contributed by atoms with E-state index in [9.17, 15) is 0 Å². The number of fused-ring (bicyclic) bond motifs is 4. The fourth-order valence-corrected chi connectivity index (χ4v) is 4.54. The van der Waals surface area contributed by atoms with Crippen molar-refractivity contribution in [2.24, 2.45) is 0 Å². The Morgan fingerprint density at radius 1 is 0.559 bits per heavy atom. The van der Waals surface area contributed by atoms with E-state index in [0.29, 0.717) is 17.6 Å². The Balaban J connectivity index is 1.59. The van der Waals surface area contributed by atoms with E-state index in [1.54, 1.807) is 6.26 Å². The fourth-order valence-electron chi connectivity index (χ4n) is 4.54. The third-order valence-electron chi connectivity index (χ3n) is 6.13. The van der Waals surface area contributed by atoms with Crippen molar-refractivity contribution in [1.82, 2.24) is 19.5 Å². The zero-order chi connectivity index (χ0) is 22.5. The molecule has 7 rings (SSSR count). The standard InChI is InChI=1S/C29H18N4O/c1-3-9-19(10-4-1)27-30-28(20-11-5-2-6-12-20)32-29(31-27)33-24-14-8-7-13-22(24)23-17-21-15-16-34-26(21)18-25(23)33/h1-18H. The van der Waals surface area contributed by atoms with E-state index in [1.807, 2.05) is 72.8 Å². The highest BCUT2D eigenvalue weighted by molar-refractivity contribution is 6.12. The van der Waals surface area contributed by atoms with Crippen molar-refractivity contribution in [3.8, 4) is 28.7 Å². The highest BCUT2D eigenvalue weighted by Crippen LogP contribution is 2.35. The second-order valence-corrected chi connectivity index (χ2v) is 8.20. The molecule has 0 saturated carbocycles. The number of hydrogen-bond donors (Lipinski definition) is 0. The maximum absolute atomic E-state index is 5.73. The second kappa shape index (κ2) is 7.39. The van der Waals surface area contributed by atoms with Gasteiger partial charge in [-0.25, -0.2) is 4.98 Å². The van der Waals surface area contributed by atoms with Crippen LogP contribution in [0.2, 0.25) is 0 Å². The minimum atomic E-state index is 0.574. The van der Waals surface area contributed by atoms with Gasteiger partial charge in [0, 0.05) is 33.4 Å². The largest absolute Gasteiger partial charge is 0.464 e. The molecule has 0 amide bonds. The van der Waals surface area contributed by atoms with Gasteiger partial charge < -0.3 is 4.42 Å². The average Bonchev–Trinajstić information content (AvgIpc) is 3.50. The van der Waals surface area contributed by atoms with Crippen molar-refractivity contribution >= 4 is 32.8 Å². The van der Waals surface area contributed by atoms with Crippen molar-refractivity contribution in [3.05, 3.63) is 109 Å². The molecule has 4 aromatic carbocycles. The Bertz CT molecular complexity index is 1740. The molecule has 34 heavy (non-hydrogen) atoms. The normalized spacial score (nSPS) is 11.5. The van der Waals surface area contributed by atoms with E-state index >= 15 is 0 Å². The van der Waals surface area contributed by atoms with Crippen LogP contribution >= 0.6 is 0 Å². The quantitative estimate of drug-likeness (QED) is 0.297. The summed E-state index contributed by atoms with van der Waals surface area (Å²) >= 11 is 0. The van der Waals surface area contributed by atoms with Gasteiger partial charge in [-0.2, -0.15) is 9.97 Å². The highest BCUT2D eigenvalue weighted by Gasteiger charge is 2.18. The monoisotopic (exact) mass is 438 g/mol. The molecule has 5 nitrogen and oxygen atoms in total. The van der Waals surface area contributed by atoms with Gasteiger partial charge in [0.1, 0.15) is 5.58 Å². The maximum atomic E-state index is 5.73. The third-order valence-corrected chi connectivity index (χ3v) is 6.13. The molecule has 0 spiro atoms. The van der Waals surface area contributed by atoms with E-state index in [4.69, 9.17) is 19.4 Å². The first kappa shape index (κ1) is 18.8. The van der Waals surface area contributed by atoms with Crippen LogP contribution in [-0.4, -0.2) is 19.5 Å². The summed E-state index contributed by atoms with van der Waals surface area (Å²) in [6.07, 6.45) is 1.72. The van der Waals surface area contributed by atoms with Crippen LogP contribution in [0.1, 0.15) is 0 Å². The Morgan fingerprint density at radius 2 is 1.21 bits per heavy atom. The van der Waals surface area contributed by atoms with Crippen LogP contribution in [0, 0.1) is 0 Å². The minimum absolute atomic E-state index is 0.574. The Kier molecular flexibility index (Phi) is 4.08. The lowest BCUT2D eigenvalue weighted by molar-refractivity contribution is 0.616. The van der Waals surface area contributed by atoms with Crippen LogP contribution < -0.4 is 0 Å². The van der Waals surface area contributed by atoms with Gasteiger partial charge in [-0.1, -0.05) is 78.9 Å². The summed E-state index contributed by atoms with van der Waals surface area (Å²) in [6, 6.07) is 34.6. The number of benzene rings is 4. The molecule has 160 valence electrons. The molecule has 0 saturated heterocycles. The van der Waals surface area contributed by atoms with Gasteiger partial charge in [-0.3, -0.25) is 4.57 Å². The molecule has 0 unspecified atom stereocenters. The Hall–Kier alpha value is -4.77. The zero-order valence-corrected chi connectivity index (χ0v) is 18.1. The van der Waals surface area contributed by atoms with Crippen molar-refractivity contribution in [2.75, 3.05) is 0 Å². The molecule has 7 aromatic rings. The molecule has 5 heteroatoms. The lowest BCUT2D eigenvalue weighted by Gasteiger charge is -2.10. The summed E-state index contributed by atoms with van der Waals surface area (Å²) in [5, 5.41) is 3.34. The summed E-state index contributed by atoms with van der Waals surface area (Å²) < 4.78 is 7.84. The van der Waals surface area contributed by atoms with Crippen LogP contribution in [0.3, 0.4) is 0 Å². The summed E-state index contributed by atoms with van der Waals surface area (Å²) in [6.45, 7) is 0. The first-order valence-corrected chi connectivity index (χ1v) is 11.1. The first-order valence-electron chi connectivity index (χ1n) is 11.1.